The molecule has 3 aromatic carbocycles. The van der Waals surface area contributed by atoms with E-state index in [9.17, 15) is 13.2 Å². The molecule has 0 aromatic heterocycles. The van der Waals surface area contributed by atoms with Crippen LogP contribution in [-0.4, -0.2) is 38.0 Å². The van der Waals surface area contributed by atoms with Crippen LogP contribution >= 0.6 is 12.4 Å². The highest BCUT2D eigenvalue weighted by Crippen LogP contribution is 2.41. The first-order chi connectivity index (χ1) is 16.2. The second kappa shape index (κ2) is 10.4. The molecule has 0 bridgehead atoms. The van der Waals surface area contributed by atoms with Gasteiger partial charge in [0.15, 0.2) is 11.5 Å². The van der Waals surface area contributed by atoms with E-state index in [1.165, 1.54) is 17.0 Å². The first kappa shape index (κ1) is 26.1. The number of halogens is 1. The van der Waals surface area contributed by atoms with Gasteiger partial charge in [-0.1, -0.05) is 49.4 Å². The van der Waals surface area contributed by atoms with E-state index < -0.39 is 15.7 Å². The number of hydrogen-bond acceptors (Lipinski definition) is 7. The van der Waals surface area contributed by atoms with Crippen molar-refractivity contribution >= 4 is 34.4 Å². The Morgan fingerprint density at radius 3 is 2.17 bits per heavy atom. The number of carbonyl (C=O) groups excluding carboxylic acids is 1. The molecule has 10 heteroatoms. The minimum Gasteiger partial charge on any atom is -0.457 e. The molecule has 1 aliphatic rings. The minimum atomic E-state index is -3.69. The van der Waals surface area contributed by atoms with Crippen LogP contribution in [0.2, 0.25) is 0 Å². The molecule has 0 radical (unpaired) electrons. The van der Waals surface area contributed by atoms with Crippen LogP contribution in [-0.2, 0) is 20.5 Å². The Labute approximate surface area is 210 Å². The van der Waals surface area contributed by atoms with Crippen molar-refractivity contribution in [1.29, 1.82) is 0 Å². The zero-order valence-electron chi connectivity index (χ0n) is 19.2. The maximum absolute atomic E-state index is 13.5. The molecule has 1 amide bonds. The number of ether oxygens (including phenoxy) is 1. The van der Waals surface area contributed by atoms with Crippen LogP contribution in [0.3, 0.4) is 0 Å². The van der Waals surface area contributed by atoms with Crippen molar-refractivity contribution in [3.8, 4) is 17.2 Å². The summed E-state index contributed by atoms with van der Waals surface area (Å²) >= 11 is 0. The third-order valence-electron chi connectivity index (χ3n) is 5.42. The van der Waals surface area contributed by atoms with Crippen LogP contribution in [0.5, 0.6) is 17.2 Å². The lowest BCUT2D eigenvalue weighted by atomic mass is 9.82. The molecule has 0 fully saturated rings. The van der Waals surface area contributed by atoms with E-state index >= 15 is 0 Å². The SMILES string of the molecule is CCCS(=O)(=O)Oc1ccc(C2(c3cccc(Oc4ccccc4)c3)N=C(N)N(C)C2=O)cc1.Cl. The van der Waals surface area contributed by atoms with Crippen LogP contribution in [0, 0.1) is 0 Å². The number of carbonyl (C=O) groups is 1. The second-order valence-electron chi connectivity index (χ2n) is 7.86. The predicted octanol–water partition coefficient (Wildman–Crippen LogP) is 4.05. The van der Waals surface area contributed by atoms with E-state index in [0.29, 0.717) is 29.0 Å². The van der Waals surface area contributed by atoms with E-state index in [1.54, 1.807) is 50.4 Å². The summed E-state index contributed by atoms with van der Waals surface area (Å²) in [7, 11) is -2.13. The molecule has 184 valence electrons. The minimum absolute atomic E-state index is 0. The Balaban J connectivity index is 0.00000342. The molecule has 1 atom stereocenters. The van der Waals surface area contributed by atoms with Crippen LogP contribution in [0.15, 0.2) is 83.9 Å². The topological polar surface area (TPSA) is 111 Å². The fourth-order valence-corrected chi connectivity index (χ4v) is 4.77. The highest BCUT2D eigenvalue weighted by atomic mass is 35.5. The van der Waals surface area contributed by atoms with Crippen molar-refractivity contribution in [2.75, 3.05) is 12.8 Å². The lowest BCUT2D eigenvalue weighted by Gasteiger charge is -2.26. The van der Waals surface area contributed by atoms with Crippen LogP contribution in [0.25, 0.3) is 0 Å². The van der Waals surface area contributed by atoms with Gasteiger partial charge in [-0.3, -0.25) is 9.69 Å². The lowest BCUT2D eigenvalue weighted by Crippen LogP contribution is -2.41. The van der Waals surface area contributed by atoms with Gasteiger partial charge in [-0.2, -0.15) is 8.42 Å². The van der Waals surface area contributed by atoms with Gasteiger partial charge in [0.05, 0.1) is 5.75 Å². The Kier molecular flexibility index (Phi) is 7.72. The molecular formula is C25H26ClN3O5S. The van der Waals surface area contributed by atoms with Crippen molar-refractivity contribution in [2.24, 2.45) is 10.7 Å². The number of guanidine groups is 1. The largest absolute Gasteiger partial charge is 0.457 e. The predicted molar refractivity (Wildman–Crippen MR) is 137 cm³/mol. The Bertz CT molecular complexity index is 1330. The molecule has 0 aliphatic carbocycles. The first-order valence-corrected chi connectivity index (χ1v) is 12.3. The third-order valence-corrected chi connectivity index (χ3v) is 6.77. The summed E-state index contributed by atoms with van der Waals surface area (Å²) in [5.74, 6) is 0.992. The van der Waals surface area contributed by atoms with Gasteiger partial charge >= 0.3 is 10.1 Å². The van der Waals surface area contributed by atoms with E-state index in [4.69, 9.17) is 14.7 Å². The maximum Gasteiger partial charge on any atom is 0.309 e. The smallest absolute Gasteiger partial charge is 0.309 e. The summed E-state index contributed by atoms with van der Waals surface area (Å²) in [4.78, 5) is 19.3. The van der Waals surface area contributed by atoms with Crippen LogP contribution in [0.1, 0.15) is 24.5 Å². The van der Waals surface area contributed by atoms with Crippen molar-refractivity contribution < 1.29 is 22.1 Å². The first-order valence-electron chi connectivity index (χ1n) is 10.7. The molecule has 3 aromatic rings. The molecule has 2 N–H and O–H groups in total. The van der Waals surface area contributed by atoms with Crippen molar-refractivity contribution in [3.05, 3.63) is 90.0 Å². The molecule has 4 rings (SSSR count). The van der Waals surface area contributed by atoms with E-state index in [-0.39, 0.29) is 35.8 Å². The quantitative estimate of drug-likeness (QED) is 0.453. The van der Waals surface area contributed by atoms with E-state index in [0.717, 1.165) is 0 Å². The normalized spacial score (nSPS) is 17.5. The molecule has 0 spiro atoms. The van der Waals surface area contributed by atoms with Crippen molar-refractivity contribution in [3.63, 3.8) is 0 Å². The number of nitrogens with two attached hydrogens (primary N) is 1. The van der Waals surface area contributed by atoms with Crippen molar-refractivity contribution in [1.82, 2.24) is 4.90 Å². The van der Waals surface area contributed by atoms with Gasteiger partial charge in [0.1, 0.15) is 17.2 Å². The van der Waals surface area contributed by atoms with E-state index in [2.05, 4.69) is 4.99 Å². The van der Waals surface area contributed by atoms with Crippen molar-refractivity contribution in [2.45, 2.75) is 18.9 Å². The fourth-order valence-electron chi connectivity index (χ4n) is 3.78. The summed E-state index contributed by atoms with van der Waals surface area (Å²) in [6, 6.07) is 22.6. The molecule has 1 unspecified atom stereocenters. The molecule has 1 heterocycles. The summed E-state index contributed by atoms with van der Waals surface area (Å²) in [6.07, 6.45) is 0.444. The van der Waals surface area contributed by atoms with Crippen LogP contribution < -0.4 is 14.7 Å². The van der Waals surface area contributed by atoms with Gasteiger partial charge in [0, 0.05) is 7.05 Å². The molecule has 8 nitrogen and oxygen atoms in total. The average molecular weight is 516 g/mol. The average Bonchev–Trinajstić information content (AvgIpc) is 3.05. The summed E-state index contributed by atoms with van der Waals surface area (Å²) in [5.41, 5.74) is 5.67. The van der Waals surface area contributed by atoms with Crippen LogP contribution in [0.4, 0.5) is 0 Å². The number of para-hydroxylation sites is 1. The second-order valence-corrected chi connectivity index (χ2v) is 9.55. The van der Waals surface area contributed by atoms with Gasteiger partial charge in [-0.05, 0) is 53.9 Å². The number of amides is 1. The zero-order valence-corrected chi connectivity index (χ0v) is 20.9. The molecular weight excluding hydrogens is 490 g/mol. The monoisotopic (exact) mass is 515 g/mol. The maximum atomic E-state index is 13.5. The highest BCUT2D eigenvalue weighted by molar-refractivity contribution is 7.87. The molecule has 0 saturated heterocycles. The van der Waals surface area contributed by atoms with Gasteiger partial charge in [-0.15, -0.1) is 12.4 Å². The number of hydrogen-bond donors (Lipinski definition) is 1. The Morgan fingerprint density at radius 1 is 0.914 bits per heavy atom. The van der Waals surface area contributed by atoms with Gasteiger partial charge in [0.25, 0.3) is 5.91 Å². The number of aliphatic imine (C=N–C) groups is 1. The standard InChI is InChI=1S/C25H25N3O5S.ClH/c1-3-16-34(30,31)33-21-14-12-18(13-15-21)25(23(29)28(2)24(26)27-25)19-8-7-11-22(17-19)32-20-9-5-4-6-10-20;/h4-15,17H,3,16H2,1-2H3,(H2,26,27);1H. The number of benzene rings is 3. The number of rotatable bonds is 8. The number of likely N-dealkylation sites (N-methyl/N-ethyl adjacent to an activating group) is 1. The zero-order chi connectivity index (χ0) is 24.3. The highest BCUT2D eigenvalue weighted by Gasteiger charge is 2.49. The molecule has 0 saturated carbocycles. The third kappa shape index (κ3) is 5.26. The van der Waals surface area contributed by atoms with E-state index in [1.807, 2.05) is 30.3 Å². The Morgan fingerprint density at radius 2 is 1.57 bits per heavy atom. The Hall–Kier alpha value is -3.56. The molecule has 35 heavy (non-hydrogen) atoms. The van der Waals surface area contributed by atoms with Gasteiger partial charge < -0.3 is 14.7 Å². The summed E-state index contributed by atoms with van der Waals surface area (Å²) in [5, 5.41) is 0. The van der Waals surface area contributed by atoms with Gasteiger partial charge in [0.2, 0.25) is 0 Å². The number of nitrogens with zero attached hydrogens (tertiary/aromatic N) is 2. The summed E-state index contributed by atoms with van der Waals surface area (Å²) < 4.78 is 35.1. The van der Waals surface area contributed by atoms with Gasteiger partial charge in [-0.25, -0.2) is 4.99 Å². The summed E-state index contributed by atoms with van der Waals surface area (Å²) in [6.45, 7) is 1.76. The fraction of sp³-hybridized carbons (Fsp3) is 0.200. The lowest BCUT2D eigenvalue weighted by molar-refractivity contribution is -0.129. The molecule has 1 aliphatic heterocycles.